The molecule has 0 bridgehead atoms. The number of thioether (sulfide) groups is 1. The van der Waals surface area contributed by atoms with Gasteiger partial charge < -0.3 is 9.47 Å². The largest absolute Gasteiger partial charge is 0.496 e. The number of hydrogen-bond acceptors (Lipinski definition) is 8. The van der Waals surface area contributed by atoms with Crippen LogP contribution in [-0.4, -0.2) is 40.3 Å². The van der Waals surface area contributed by atoms with Crippen molar-refractivity contribution in [3.05, 3.63) is 126 Å². The van der Waals surface area contributed by atoms with Crippen molar-refractivity contribution >= 4 is 51.1 Å². The maximum Gasteiger partial charge on any atom is 0.338 e. The highest BCUT2D eigenvalue weighted by atomic mass is 79.9. The van der Waals surface area contributed by atoms with Crippen LogP contribution in [0.1, 0.15) is 37.9 Å². The van der Waals surface area contributed by atoms with Crippen molar-refractivity contribution in [1.82, 2.24) is 14.3 Å². The molecular weight excluding hydrogens is 696 g/mol. The molecule has 8 nitrogen and oxygen atoms in total. The number of methoxy groups -OCH3 is 1. The van der Waals surface area contributed by atoms with Gasteiger partial charge in [-0.25, -0.2) is 14.5 Å². The standard InChI is InChI=1S/C36H33BrN4O4S2/c1-21(2)20-45-35(43)31-22(3)38-36-41(33(31)23-11-14-27(46-5)15-12-23)34(42)30(47-36)18-25-19-40(26-9-7-6-8-10-26)39-32(25)24-13-16-29(44-4)28(37)17-24/h6-19,21,33H,20H2,1-5H3. The quantitative estimate of drug-likeness (QED) is 0.123. The first kappa shape index (κ1) is 32.7. The third-order valence-electron chi connectivity index (χ3n) is 7.70. The van der Waals surface area contributed by atoms with E-state index in [0.29, 0.717) is 32.0 Å². The van der Waals surface area contributed by atoms with Gasteiger partial charge in [0.2, 0.25) is 0 Å². The zero-order chi connectivity index (χ0) is 33.2. The van der Waals surface area contributed by atoms with Crippen molar-refractivity contribution in [1.29, 1.82) is 0 Å². The van der Waals surface area contributed by atoms with Gasteiger partial charge in [-0.05, 0) is 89.1 Å². The number of carbonyl (C=O) groups is 1. The van der Waals surface area contributed by atoms with Gasteiger partial charge in [0.15, 0.2) is 4.80 Å². The molecule has 0 N–H and O–H groups in total. The Bertz CT molecular complexity index is 2170. The number of esters is 1. The molecule has 0 fully saturated rings. The van der Waals surface area contributed by atoms with E-state index in [0.717, 1.165) is 31.7 Å². The minimum Gasteiger partial charge on any atom is -0.496 e. The van der Waals surface area contributed by atoms with Gasteiger partial charge >= 0.3 is 5.97 Å². The predicted octanol–water partition coefficient (Wildman–Crippen LogP) is 6.78. The van der Waals surface area contributed by atoms with Crippen LogP contribution in [0.2, 0.25) is 0 Å². The lowest BCUT2D eigenvalue weighted by atomic mass is 9.96. The fourth-order valence-electron chi connectivity index (χ4n) is 5.39. The number of aromatic nitrogens is 3. The Morgan fingerprint density at radius 1 is 1.11 bits per heavy atom. The third-order valence-corrected chi connectivity index (χ3v) is 10.0. The normalized spacial score (nSPS) is 14.7. The molecule has 6 rings (SSSR count). The predicted molar refractivity (Wildman–Crippen MR) is 191 cm³/mol. The number of allylic oxidation sites excluding steroid dienone is 1. The molecule has 2 aromatic heterocycles. The van der Waals surface area contributed by atoms with Crippen LogP contribution in [0.5, 0.6) is 5.75 Å². The van der Waals surface area contributed by atoms with Crippen molar-refractivity contribution in [2.75, 3.05) is 20.0 Å². The number of thiazole rings is 1. The molecule has 1 atom stereocenters. The van der Waals surface area contributed by atoms with Crippen LogP contribution >= 0.6 is 39.0 Å². The summed E-state index contributed by atoms with van der Waals surface area (Å²) in [6.07, 6.45) is 5.78. The molecule has 5 aromatic rings. The van der Waals surface area contributed by atoms with E-state index < -0.39 is 12.0 Å². The Balaban J connectivity index is 1.53. The Morgan fingerprint density at radius 3 is 2.51 bits per heavy atom. The van der Waals surface area contributed by atoms with Crippen LogP contribution in [-0.2, 0) is 9.53 Å². The molecule has 0 aliphatic carbocycles. The van der Waals surface area contributed by atoms with E-state index in [2.05, 4.69) is 15.9 Å². The minimum atomic E-state index is -0.687. The number of halogens is 1. The highest BCUT2D eigenvalue weighted by molar-refractivity contribution is 9.10. The summed E-state index contributed by atoms with van der Waals surface area (Å²) in [7, 11) is 1.62. The van der Waals surface area contributed by atoms with E-state index in [1.165, 1.54) is 11.3 Å². The Morgan fingerprint density at radius 2 is 1.85 bits per heavy atom. The summed E-state index contributed by atoms with van der Waals surface area (Å²) in [5, 5.41) is 4.94. The number of ether oxygens (including phenoxy) is 2. The first-order chi connectivity index (χ1) is 22.7. The molecule has 47 heavy (non-hydrogen) atoms. The number of benzene rings is 3. The topological polar surface area (TPSA) is 87.7 Å². The average molecular weight is 730 g/mol. The van der Waals surface area contributed by atoms with Gasteiger partial charge in [-0.15, -0.1) is 11.8 Å². The fraction of sp³-hybridized carbons (Fsp3) is 0.222. The smallest absolute Gasteiger partial charge is 0.338 e. The molecule has 1 unspecified atom stereocenters. The van der Waals surface area contributed by atoms with Gasteiger partial charge in [-0.1, -0.05) is 55.5 Å². The Hall–Kier alpha value is -4.19. The van der Waals surface area contributed by atoms with E-state index in [4.69, 9.17) is 19.6 Å². The average Bonchev–Trinajstić information content (AvgIpc) is 3.63. The molecule has 1 aliphatic heterocycles. The van der Waals surface area contributed by atoms with Gasteiger partial charge in [0, 0.05) is 22.2 Å². The molecular formula is C36H33BrN4O4S2. The second-order valence-electron chi connectivity index (χ2n) is 11.4. The highest BCUT2D eigenvalue weighted by Gasteiger charge is 2.33. The summed E-state index contributed by atoms with van der Waals surface area (Å²) in [6.45, 7) is 6.05. The molecule has 11 heteroatoms. The molecule has 0 saturated carbocycles. The first-order valence-electron chi connectivity index (χ1n) is 15.0. The lowest BCUT2D eigenvalue weighted by molar-refractivity contribution is -0.140. The number of nitrogens with zero attached hydrogens (tertiary/aromatic N) is 4. The molecule has 0 spiro atoms. The lowest BCUT2D eigenvalue weighted by Crippen LogP contribution is -2.40. The van der Waals surface area contributed by atoms with Crippen molar-refractivity contribution < 1.29 is 14.3 Å². The van der Waals surface area contributed by atoms with Gasteiger partial charge in [0.1, 0.15) is 11.4 Å². The number of carbonyl (C=O) groups excluding carboxylic acids is 1. The van der Waals surface area contributed by atoms with Crippen molar-refractivity contribution in [2.45, 2.75) is 31.7 Å². The maximum atomic E-state index is 14.4. The fourth-order valence-corrected chi connectivity index (χ4v) is 7.38. The Labute approximate surface area is 289 Å². The van der Waals surface area contributed by atoms with Crippen molar-refractivity contribution in [3.63, 3.8) is 0 Å². The third kappa shape index (κ3) is 6.65. The SMILES string of the molecule is COc1ccc(-c2nn(-c3ccccc3)cc2C=c2sc3n(c2=O)C(c2ccc(SC)cc2)C(C(=O)OCC(C)C)=C(C)N=3)cc1Br. The second kappa shape index (κ2) is 13.9. The molecule has 0 radical (unpaired) electrons. The summed E-state index contributed by atoms with van der Waals surface area (Å²) in [6, 6.07) is 22.8. The van der Waals surface area contributed by atoms with Crippen LogP contribution in [0, 0.1) is 5.92 Å². The lowest BCUT2D eigenvalue weighted by Gasteiger charge is -2.25. The highest BCUT2D eigenvalue weighted by Crippen LogP contribution is 2.34. The van der Waals surface area contributed by atoms with Crippen molar-refractivity contribution in [3.8, 4) is 22.7 Å². The summed E-state index contributed by atoms with van der Waals surface area (Å²) in [4.78, 5) is 34.3. The molecule has 0 amide bonds. The Kier molecular flexibility index (Phi) is 9.67. The number of para-hydroxylation sites is 1. The van der Waals surface area contributed by atoms with E-state index in [1.807, 2.05) is 105 Å². The zero-order valence-corrected chi connectivity index (χ0v) is 29.8. The molecule has 3 heterocycles. The van der Waals surface area contributed by atoms with E-state index in [9.17, 15) is 9.59 Å². The summed E-state index contributed by atoms with van der Waals surface area (Å²) >= 11 is 6.52. The number of hydrogen-bond donors (Lipinski definition) is 0. The van der Waals surface area contributed by atoms with Crippen molar-refractivity contribution in [2.24, 2.45) is 10.9 Å². The molecule has 1 aliphatic rings. The van der Waals surface area contributed by atoms with Gasteiger partial charge in [0.05, 0.1) is 45.7 Å². The monoisotopic (exact) mass is 728 g/mol. The van der Waals surface area contributed by atoms with Crippen LogP contribution in [0.25, 0.3) is 23.0 Å². The summed E-state index contributed by atoms with van der Waals surface area (Å²) < 4.78 is 15.8. The van der Waals surface area contributed by atoms with E-state index in [1.54, 1.807) is 35.0 Å². The molecule has 240 valence electrons. The number of rotatable bonds is 9. The minimum absolute atomic E-state index is 0.164. The van der Waals surface area contributed by atoms with Crippen LogP contribution in [0.4, 0.5) is 0 Å². The van der Waals surface area contributed by atoms with Gasteiger partial charge in [-0.3, -0.25) is 9.36 Å². The number of fused-ring (bicyclic) bond motifs is 1. The maximum absolute atomic E-state index is 14.4. The second-order valence-corrected chi connectivity index (χ2v) is 14.2. The summed E-state index contributed by atoms with van der Waals surface area (Å²) in [5.74, 6) is 0.400. The van der Waals surface area contributed by atoms with Crippen LogP contribution in [0.15, 0.2) is 109 Å². The van der Waals surface area contributed by atoms with Gasteiger partial charge in [-0.2, -0.15) is 5.10 Å². The van der Waals surface area contributed by atoms with Crippen LogP contribution < -0.4 is 19.6 Å². The van der Waals surface area contributed by atoms with Crippen LogP contribution in [0.3, 0.4) is 0 Å². The van der Waals surface area contributed by atoms with Gasteiger partial charge in [0.25, 0.3) is 5.56 Å². The van der Waals surface area contributed by atoms with E-state index >= 15 is 0 Å². The summed E-state index contributed by atoms with van der Waals surface area (Å²) in [5.41, 5.74) is 4.64. The zero-order valence-electron chi connectivity index (χ0n) is 26.6. The first-order valence-corrected chi connectivity index (χ1v) is 17.8. The molecule has 0 saturated heterocycles. The van der Waals surface area contributed by atoms with E-state index in [-0.39, 0.29) is 18.1 Å². The molecule has 3 aromatic carbocycles.